The van der Waals surface area contributed by atoms with Crippen LogP contribution in [0.3, 0.4) is 0 Å². The lowest BCUT2D eigenvalue weighted by molar-refractivity contribution is -0.161. The molecule has 0 aliphatic carbocycles. The molecule has 19 heteroatoms. The first-order valence-corrected chi connectivity index (χ1v) is 38.8. The number of rotatable bonds is 67. The van der Waals surface area contributed by atoms with Gasteiger partial charge in [-0.2, -0.15) is 0 Å². The predicted octanol–water partition coefficient (Wildman–Crippen LogP) is 19.5. The van der Waals surface area contributed by atoms with Crippen LogP contribution >= 0.6 is 15.6 Å². The van der Waals surface area contributed by atoms with Crippen LogP contribution in [0.4, 0.5) is 0 Å². The smallest absolute Gasteiger partial charge is 0.462 e. The van der Waals surface area contributed by atoms with Crippen LogP contribution in [0, 0.1) is 17.8 Å². The van der Waals surface area contributed by atoms with Gasteiger partial charge < -0.3 is 33.8 Å². The Morgan fingerprint density at radius 1 is 0.307 bits per heavy atom. The van der Waals surface area contributed by atoms with Gasteiger partial charge in [0.25, 0.3) is 0 Å². The minimum Gasteiger partial charge on any atom is -0.462 e. The van der Waals surface area contributed by atoms with E-state index in [1.54, 1.807) is 0 Å². The van der Waals surface area contributed by atoms with E-state index in [4.69, 9.17) is 37.0 Å². The highest BCUT2D eigenvalue weighted by molar-refractivity contribution is 7.47. The Balaban J connectivity index is 5.17. The van der Waals surface area contributed by atoms with Crippen molar-refractivity contribution >= 4 is 39.5 Å². The summed E-state index contributed by atoms with van der Waals surface area (Å²) in [4.78, 5) is 72.2. The van der Waals surface area contributed by atoms with Crippen LogP contribution in [0.2, 0.25) is 0 Å². The number of phosphoric ester groups is 2. The second-order valence-electron chi connectivity index (χ2n) is 26.3. The normalized spacial score (nSPS) is 14.2. The monoisotopic (exact) mass is 1300 g/mol. The zero-order valence-electron chi connectivity index (χ0n) is 57.2. The third-order valence-corrected chi connectivity index (χ3v) is 17.8. The molecular formula is C69H134O17P2. The number of carbonyl (C=O) groups is 4. The summed E-state index contributed by atoms with van der Waals surface area (Å²) in [5, 5.41) is 10.5. The van der Waals surface area contributed by atoms with Gasteiger partial charge in [-0.15, -0.1) is 0 Å². The van der Waals surface area contributed by atoms with Crippen molar-refractivity contribution < 1.29 is 80.2 Å². The number of aliphatic hydroxyl groups excluding tert-OH is 1. The lowest BCUT2D eigenvalue weighted by Crippen LogP contribution is -2.30. The molecule has 0 aliphatic heterocycles. The number of hydrogen-bond acceptors (Lipinski definition) is 15. The molecule has 0 aromatic carbocycles. The fraction of sp³-hybridized carbons (Fsp3) is 0.942. The quantitative estimate of drug-likeness (QED) is 0.0222. The number of esters is 4. The largest absolute Gasteiger partial charge is 0.472 e. The molecule has 0 aromatic heterocycles. The van der Waals surface area contributed by atoms with Gasteiger partial charge in [0.2, 0.25) is 0 Å². The molecule has 2 unspecified atom stereocenters. The van der Waals surface area contributed by atoms with Gasteiger partial charge in [-0.25, -0.2) is 9.13 Å². The van der Waals surface area contributed by atoms with E-state index in [-0.39, 0.29) is 25.7 Å². The predicted molar refractivity (Wildman–Crippen MR) is 354 cm³/mol. The molecule has 0 spiro atoms. The van der Waals surface area contributed by atoms with Gasteiger partial charge in [-0.3, -0.25) is 37.3 Å². The van der Waals surface area contributed by atoms with Crippen molar-refractivity contribution in [1.29, 1.82) is 0 Å². The van der Waals surface area contributed by atoms with Crippen LogP contribution < -0.4 is 0 Å². The fourth-order valence-corrected chi connectivity index (χ4v) is 11.9. The van der Waals surface area contributed by atoms with Crippen LogP contribution in [-0.4, -0.2) is 96.7 Å². The van der Waals surface area contributed by atoms with Crippen LogP contribution in [-0.2, 0) is 65.4 Å². The molecule has 0 bridgehead atoms. The molecule has 5 atom stereocenters. The number of ether oxygens (including phenoxy) is 4. The topological polar surface area (TPSA) is 237 Å². The summed E-state index contributed by atoms with van der Waals surface area (Å²) in [5.41, 5.74) is 0. The average molecular weight is 1300 g/mol. The second kappa shape index (κ2) is 60.0. The van der Waals surface area contributed by atoms with Gasteiger partial charge >= 0.3 is 39.5 Å². The van der Waals surface area contributed by atoms with E-state index in [1.807, 2.05) is 0 Å². The van der Waals surface area contributed by atoms with Crippen molar-refractivity contribution in [3.63, 3.8) is 0 Å². The zero-order chi connectivity index (χ0) is 65.2. The molecule has 522 valence electrons. The Morgan fingerprint density at radius 3 is 0.773 bits per heavy atom. The number of aliphatic hydroxyl groups is 1. The first kappa shape index (κ1) is 86.1. The van der Waals surface area contributed by atoms with Crippen LogP contribution in [0.15, 0.2) is 0 Å². The van der Waals surface area contributed by atoms with Crippen LogP contribution in [0.25, 0.3) is 0 Å². The molecule has 0 aliphatic rings. The summed E-state index contributed by atoms with van der Waals surface area (Å²) >= 11 is 0. The first-order valence-electron chi connectivity index (χ1n) is 35.8. The number of unbranched alkanes of at least 4 members (excludes halogenated alkanes) is 35. The molecule has 0 aromatic rings. The number of phosphoric acid groups is 2. The van der Waals surface area contributed by atoms with Crippen molar-refractivity contribution in [2.24, 2.45) is 17.8 Å². The van der Waals surface area contributed by atoms with E-state index < -0.39 is 97.5 Å². The molecule has 17 nitrogen and oxygen atoms in total. The van der Waals surface area contributed by atoms with E-state index in [1.165, 1.54) is 148 Å². The minimum atomic E-state index is -4.95. The van der Waals surface area contributed by atoms with Crippen molar-refractivity contribution in [1.82, 2.24) is 0 Å². The molecule has 88 heavy (non-hydrogen) atoms. The second-order valence-corrected chi connectivity index (χ2v) is 29.3. The van der Waals surface area contributed by atoms with E-state index in [0.717, 1.165) is 114 Å². The highest BCUT2D eigenvalue weighted by Crippen LogP contribution is 2.45. The lowest BCUT2D eigenvalue weighted by Gasteiger charge is -2.21. The lowest BCUT2D eigenvalue weighted by atomic mass is 10.0. The Hall–Kier alpha value is -1.94. The molecule has 0 saturated heterocycles. The molecule has 0 heterocycles. The fourth-order valence-electron chi connectivity index (χ4n) is 10.4. The Labute approximate surface area is 537 Å². The molecule has 0 radical (unpaired) electrons. The summed E-state index contributed by atoms with van der Waals surface area (Å²) < 4.78 is 68.0. The summed E-state index contributed by atoms with van der Waals surface area (Å²) in [6.45, 7) is 11.7. The van der Waals surface area contributed by atoms with E-state index in [9.17, 15) is 43.2 Å². The van der Waals surface area contributed by atoms with E-state index in [2.05, 4.69) is 48.5 Å². The first-order chi connectivity index (χ1) is 42.2. The SMILES string of the molecule is CCCCCCCC(=O)OC[C@H](COP(=O)(O)OC[C@H](O)COP(=O)(O)OC[C@@H](COC(=O)CCCCCCCCCCCCCCC(C)C)OC(=O)CCCCCCCCCCCCCCCCC(C)C)OC(=O)CCCCCCCCCCC(C)C. The van der Waals surface area contributed by atoms with Crippen molar-refractivity contribution in [3.8, 4) is 0 Å². The Kier molecular flexibility index (Phi) is 58.7. The van der Waals surface area contributed by atoms with Crippen molar-refractivity contribution in [3.05, 3.63) is 0 Å². The van der Waals surface area contributed by atoms with Crippen LogP contribution in [0.1, 0.15) is 344 Å². The molecule has 0 rings (SSSR count). The highest BCUT2D eigenvalue weighted by atomic mass is 31.2. The summed E-state index contributed by atoms with van der Waals surface area (Å²) in [6, 6.07) is 0. The molecular weight excluding hydrogens is 1160 g/mol. The van der Waals surface area contributed by atoms with Gasteiger partial charge in [0, 0.05) is 25.7 Å². The molecule has 3 N–H and O–H groups in total. The summed E-state index contributed by atoms with van der Waals surface area (Å²) in [6.07, 6.45) is 43.5. The maximum Gasteiger partial charge on any atom is 0.472 e. The number of carbonyl (C=O) groups excluding carboxylic acids is 4. The molecule has 0 amide bonds. The highest BCUT2D eigenvalue weighted by Gasteiger charge is 2.30. The summed E-state index contributed by atoms with van der Waals surface area (Å²) in [7, 11) is -9.89. The Morgan fingerprint density at radius 2 is 0.523 bits per heavy atom. The van der Waals surface area contributed by atoms with E-state index >= 15 is 0 Å². The zero-order valence-corrected chi connectivity index (χ0v) is 59.0. The van der Waals surface area contributed by atoms with E-state index in [0.29, 0.717) is 25.7 Å². The standard InChI is InChI=1S/C69H134O17P2/c1-8-9-10-33-43-50-66(71)79-56-64(85-69(74)53-46-39-32-26-25-29-36-42-49-62(6)7)58-83-87(75,76)81-54-63(70)55-82-88(77,78)84-59-65(57-80-67(72)51-44-37-30-23-19-16-15-18-22-28-35-41-48-61(4)5)86-68(73)52-45-38-31-24-20-14-12-11-13-17-21-27-34-40-47-60(2)3/h60-65,70H,8-59H2,1-7H3,(H,75,76)(H,77,78)/t63-,64+,65+/m0/s1. The third-order valence-electron chi connectivity index (χ3n) is 15.9. The van der Waals surface area contributed by atoms with Crippen molar-refractivity contribution in [2.45, 2.75) is 362 Å². The van der Waals surface area contributed by atoms with Crippen molar-refractivity contribution in [2.75, 3.05) is 39.6 Å². The maximum atomic E-state index is 13.0. The third kappa shape index (κ3) is 62.8. The van der Waals surface area contributed by atoms with Gasteiger partial charge in [-0.1, -0.05) is 292 Å². The van der Waals surface area contributed by atoms with Gasteiger partial charge in [0.1, 0.15) is 19.3 Å². The maximum absolute atomic E-state index is 13.0. The minimum absolute atomic E-state index is 0.103. The summed E-state index contributed by atoms with van der Waals surface area (Å²) in [5.74, 6) is 0.156. The molecule has 0 fully saturated rings. The Bertz CT molecular complexity index is 1730. The number of hydrogen-bond donors (Lipinski definition) is 3. The van der Waals surface area contributed by atoms with Gasteiger partial charge in [-0.05, 0) is 43.4 Å². The molecule has 0 saturated carbocycles. The van der Waals surface area contributed by atoms with Gasteiger partial charge in [0.15, 0.2) is 12.2 Å². The van der Waals surface area contributed by atoms with Crippen LogP contribution in [0.5, 0.6) is 0 Å². The average Bonchev–Trinajstić information content (AvgIpc) is 3.59. The van der Waals surface area contributed by atoms with Gasteiger partial charge in [0.05, 0.1) is 26.4 Å².